The quantitative estimate of drug-likeness (QED) is 0.568. The zero-order valence-electron chi connectivity index (χ0n) is 16.3. The zero-order chi connectivity index (χ0) is 21.7. The molecule has 3 aromatic rings. The van der Waals surface area contributed by atoms with Crippen molar-refractivity contribution in [1.82, 2.24) is 9.88 Å². The molecule has 6 nitrogen and oxygen atoms in total. The summed E-state index contributed by atoms with van der Waals surface area (Å²) in [6, 6.07) is 12.9. The highest BCUT2D eigenvalue weighted by molar-refractivity contribution is 7.22. The van der Waals surface area contributed by atoms with Crippen LogP contribution < -0.4 is 10.1 Å². The van der Waals surface area contributed by atoms with Gasteiger partial charge in [-0.3, -0.25) is 9.69 Å². The van der Waals surface area contributed by atoms with E-state index in [0.29, 0.717) is 16.8 Å². The molecule has 0 aliphatic carbocycles. The van der Waals surface area contributed by atoms with Crippen LogP contribution in [-0.2, 0) is 16.1 Å². The number of aromatic nitrogens is 1. The van der Waals surface area contributed by atoms with Crippen molar-refractivity contribution < 1.29 is 27.4 Å². The van der Waals surface area contributed by atoms with Gasteiger partial charge in [-0.1, -0.05) is 41.7 Å². The van der Waals surface area contributed by atoms with Gasteiger partial charge in [0.1, 0.15) is 11.8 Å². The van der Waals surface area contributed by atoms with Crippen LogP contribution in [0.5, 0.6) is 5.75 Å². The number of fused-ring (bicyclic) bond motifs is 1. The first-order valence-corrected chi connectivity index (χ1v) is 9.78. The van der Waals surface area contributed by atoms with Crippen LogP contribution in [-0.4, -0.2) is 48.9 Å². The summed E-state index contributed by atoms with van der Waals surface area (Å²) in [5, 5.41) is 3.00. The number of hydrogen-bond donors (Lipinski definition) is 1. The predicted octanol–water partition coefficient (Wildman–Crippen LogP) is 4.28. The third-order valence-electron chi connectivity index (χ3n) is 4.14. The minimum atomic E-state index is -4.77. The second kappa shape index (κ2) is 9.41. The van der Waals surface area contributed by atoms with E-state index in [1.807, 2.05) is 30.3 Å². The molecule has 0 aliphatic heterocycles. The highest BCUT2D eigenvalue weighted by atomic mass is 32.1. The fraction of sp³-hybridized carbons (Fsp3) is 0.300. The molecule has 10 heteroatoms. The maximum atomic E-state index is 12.7. The summed E-state index contributed by atoms with van der Waals surface area (Å²) in [4.78, 5) is 18.7. The molecule has 2 aromatic carbocycles. The number of carbonyl (C=O) groups is 1. The number of amides is 1. The molecule has 0 radical (unpaired) electrons. The number of benzene rings is 2. The summed E-state index contributed by atoms with van der Waals surface area (Å²) in [7, 11) is 3.52. The van der Waals surface area contributed by atoms with Gasteiger partial charge in [0.25, 0.3) is 0 Å². The average molecular weight is 439 g/mol. The largest absolute Gasteiger partial charge is 0.573 e. The molecule has 0 aliphatic rings. The molecule has 1 N–H and O–H groups in total. The van der Waals surface area contributed by atoms with E-state index in [9.17, 15) is 18.0 Å². The van der Waals surface area contributed by atoms with Crippen molar-refractivity contribution >= 4 is 32.6 Å². The van der Waals surface area contributed by atoms with Crippen LogP contribution in [0.4, 0.5) is 18.3 Å². The van der Waals surface area contributed by atoms with E-state index in [1.54, 1.807) is 19.0 Å². The summed E-state index contributed by atoms with van der Waals surface area (Å²) in [5.41, 5.74) is 1.46. The maximum absolute atomic E-state index is 12.7. The van der Waals surface area contributed by atoms with Crippen molar-refractivity contribution in [2.24, 2.45) is 0 Å². The van der Waals surface area contributed by atoms with Gasteiger partial charge >= 0.3 is 6.36 Å². The number of nitrogens with one attached hydrogen (secondary N) is 1. The Hall–Kier alpha value is -2.69. The molecule has 30 heavy (non-hydrogen) atoms. The Kier molecular flexibility index (Phi) is 6.91. The first-order chi connectivity index (χ1) is 14.2. The molecule has 0 spiro atoms. The highest BCUT2D eigenvalue weighted by Gasteiger charge is 2.31. The number of thiazole rings is 1. The molecule has 0 saturated heterocycles. The van der Waals surface area contributed by atoms with Crippen LogP contribution in [0.15, 0.2) is 48.5 Å². The number of carbonyl (C=O) groups excluding carboxylic acids is 1. The second-order valence-corrected chi connectivity index (χ2v) is 7.70. The average Bonchev–Trinajstić information content (AvgIpc) is 3.05. The molecule has 1 atom stereocenters. The Balaban J connectivity index is 1.63. The molecule has 160 valence electrons. The molecule has 3 rings (SSSR count). The maximum Gasteiger partial charge on any atom is 0.573 e. The topological polar surface area (TPSA) is 63.7 Å². The van der Waals surface area contributed by atoms with Gasteiger partial charge in [-0.2, -0.15) is 0 Å². The molecule has 1 aromatic heterocycles. The van der Waals surface area contributed by atoms with E-state index in [4.69, 9.17) is 4.74 Å². The third kappa shape index (κ3) is 6.15. The normalized spacial score (nSPS) is 12.9. The van der Waals surface area contributed by atoms with Crippen LogP contribution in [0.3, 0.4) is 0 Å². The van der Waals surface area contributed by atoms with Crippen molar-refractivity contribution in [2.45, 2.75) is 19.0 Å². The SMILES string of the molecule is CN(C)[C@@H](COCc1ccccc1)C(=O)Nc1nc2ccc(OC(F)(F)F)cc2s1. The number of anilines is 1. The molecule has 0 unspecified atom stereocenters. The van der Waals surface area contributed by atoms with Crippen LogP contribution >= 0.6 is 11.3 Å². The lowest BCUT2D eigenvalue weighted by Crippen LogP contribution is -2.43. The molecule has 0 bridgehead atoms. The van der Waals surface area contributed by atoms with Gasteiger partial charge in [-0.25, -0.2) is 4.98 Å². The minimum absolute atomic E-state index is 0.169. The van der Waals surface area contributed by atoms with Crippen molar-refractivity contribution in [2.75, 3.05) is 26.0 Å². The molecule has 0 fully saturated rings. The highest BCUT2D eigenvalue weighted by Crippen LogP contribution is 2.31. The number of halogens is 3. The fourth-order valence-electron chi connectivity index (χ4n) is 2.67. The molecular formula is C20H20F3N3O3S. The predicted molar refractivity (Wildman–Crippen MR) is 109 cm³/mol. The number of likely N-dealkylation sites (N-methyl/N-ethyl adjacent to an activating group) is 1. The molecular weight excluding hydrogens is 419 g/mol. The van der Waals surface area contributed by atoms with Crippen molar-refractivity contribution in [3.05, 3.63) is 54.1 Å². The van der Waals surface area contributed by atoms with Gasteiger partial charge in [-0.15, -0.1) is 13.2 Å². The van der Waals surface area contributed by atoms with Gasteiger partial charge in [0, 0.05) is 6.07 Å². The van der Waals surface area contributed by atoms with Gasteiger partial charge in [-0.05, 0) is 31.8 Å². The van der Waals surface area contributed by atoms with Crippen molar-refractivity contribution in [1.29, 1.82) is 0 Å². The Morgan fingerprint density at radius 1 is 1.20 bits per heavy atom. The Labute approximate surface area is 175 Å². The summed E-state index contributed by atoms with van der Waals surface area (Å²) in [5.74, 6) is -0.657. The van der Waals surface area contributed by atoms with E-state index in [0.717, 1.165) is 16.9 Å². The lowest BCUT2D eigenvalue weighted by Gasteiger charge is -2.22. The molecule has 1 amide bonds. The first kappa shape index (κ1) is 22.0. The Morgan fingerprint density at radius 2 is 1.93 bits per heavy atom. The van der Waals surface area contributed by atoms with E-state index < -0.39 is 12.4 Å². The standard InChI is InChI=1S/C20H20F3N3O3S/c1-26(2)16(12-28-11-13-6-4-3-5-7-13)18(27)25-19-24-15-9-8-14(10-17(15)30-19)29-20(21,22)23/h3-10,16H,11-12H2,1-2H3,(H,24,25,27)/t16-/m0/s1. The van der Waals surface area contributed by atoms with E-state index >= 15 is 0 Å². The van der Waals surface area contributed by atoms with Crippen molar-refractivity contribution in [3.8, 4) is 5.75 Å². The van der Waals surface area contributed by atoms with Gasteiger partial charge in [0.05, 0.1) is 23.4 Å². The third-order valence-corrected chi connectivity index (χ3v) is 5.07. The van der Waals surface area contributed by atoms with Crippen LogP contribution in [0.1, 0.15) is 5.56 Å². The first-order valence-electron chi connectivity index (χ1n) is 8.96. The van der Waals surface area contributed by atoms with Gasteiger partial charge < -0.3 is 14.8 Å². The van der Waals surface area contributed by atoms with E-state index in [2.05, 4.69) is 15.0 Å². The van der Waals surface area contributed by atoms with E-state index in [1.165, 1.54) is 18.2 Å². The monoisotopic (exact) mass is 439 g/mol. The summed E-state index contributed by atoms with van der Waals surface area (Å²) in [6.07, 6.45) is -4.77. The Morgan fingerprint density at radius 3 is 2.60 bits per heavy atom. The smallest absolute Gasteiger partial charge is 0.406 e. The van der Waals surface area contributed by atoms with Gasteiger partial charge in [0.2, 0.25) is 5.91 Å². The lowest BCUT2D eigenvalue weighted by molar-refractivity contribution is -0.274. The van der Waals surface area contributed by atoms with E-state index in [-0.39, 0.29) is 23.4 Å². The fourth-order valence-corrected chi connectivity index (χ4v) is 3.56. The van der Waals surface area contributed by atoms with Crippen LogP contribution in [0.25, 0.3) is 10.2 Å². The van der Waals surface area contributed by atoms with Gasteiger partial charge in [0.15, 0.2) is 5.13 Å². The number of rotatable bonds is 8. The summed E-state index contributed by atoms with van der Waals surface area (Å²) in [6.45, 7) is 0.545. The number of alkyl halides is 3. The zero-order valence-corrected chi connectivity index (χ0v) is 17.1. The minimum Gasteiger partial charge on any atom is -0.406 e. The Bertz CT molecular complexity index is 993. The second-order valence-electron chi connectivity index (χ2n) is 6.67. The van der Waals surface area contributed by atoms with Crippen LogP contribution in [0, 0.1) is 0 Å². The number of hydrogen-bond acceptors (Lipinski definition) is 6. The molecule has 0 saturated carbocycles. The number of nitrogens with zero attached hydrogens (tertiary/aromatic N) is 2. The molecule has 1 heterocycles. The summed E-state index contributed by atoms with van der Waals surface area (Å²) < 4.78 is 47.2. The number of ether oxygens (including phenoxy) is 2. The lowest BCUT2D eigenvalue weighted by atomic mass is 10.2. The summed E-state index contributed by atoms with van der Waals surface area (Å²) >= 11 is 1.07. The van der Waals surface area contributed by atoms with Crippen LogP contribution in [0.2, 0.25) is 0 Å². The van der Waals surface area contributed by atoms with Crippen molar-refractivity contribution in [3.63, 3.8) is 0 Å².